The number of amides is 1. The molecule has 2 saturated heterocycles. The molecule has 1 N–H and O–H groups in total. The smallest absolute Gasteiger partial charge is 0.264 e. The Morgan fingerprint density at radius 3 is 2.77 bits per heavy atom. The van der Waals surface area contributed by atoms with Crippen molar-refractivity contribution < 1.29 is 4.79 Å². The average molecular weight is 353 g/mol. The van der Waals surface area contributed by atoms with Crippen molar-refractivity contribution in [2.24, 2.45) is 0 Å². The van der Waals surface area contributed by atoms with Gasteiger partial charge in [0.15, 0.2) is 5.82 Å². The molecule has 4 rings (SSSR count). The van der Waals surface area contributed by atoms with Crippen molar-refractivity contribution >= 4 is 5.91 Å². The lowest BCUT2D eigenvalue weighted by molar-refractivity contribution is 0.00200. The van der Waals surface area contributed by atoms with E-state index in [9.17, 15) is 9.59 Å². The molecule has 2 aromatic rings. The Balaban J connectivity index is 1.44. The maximum absolute atomic E-state index is 12.6. The Morgan fingerprint density at radius 1 is 1.23 bits per heavy atom. The van der Waals surface area contributed by atoms with Crippen LogP contribution >= 0.6 is 0 Å². The second kappa shape index (κ2) is 6.99. The normalized spacial score (nSPS) is 21.4. The van der Waals surface area contributed by atoms with Gasteiger partial charge in [-0.15, -0.1) is 0 Å². The van der Waals surface area contributed by atoms with Crippen LogP contribution in [0.25, 0.3) is 11.5 Å². The highest BCUT2D eigenvalue weighted by Crippen LogP contribution is 2.25. The lowest BCUT2D eigenvalue weighted by Gasteiger charge is -2.49. The molecule has 7 heteroatoms. The van der Waals surface area contributed by atoms with Crippen molar-refractivity contribution in [1.29, 1.82) is 0 Å². The Bertz CT molecular complexity index is 845. The molecule has 0 aromatic carbocycles. The highest BCUT2D eigenvalue weighted by Gasteiger charge is 2.38. The SMILES string of the molecule is CC1CCCCN1C1CN(C(=O)c2cnc(-c3ccccn3)[nH]c2=O)C1. The number of rotatable bonds is 3. The van der Waals surface area contributed by atoms with Crippen LogP contribution in [0.5, 0.6) is 0 Å². The number of aromatic nitrogens is 3. The van der Waals surface area contributed by atoms with E-state index in [2.05, 4.69) is 26.8 Å². The van der Waals surface area contributed by atoms with E-state index in [0.717, 1.165) is 6.54 Å². The summed E-state index contributed by atoms with van der Waals surface area (Å²) in [6.07, 6.45) is 6.74. The fourth-order valence-electron chi connectivity index (χ4n) is 3.84. The number of pyridine rings is 1. The van der Waals surface area contributed by atoms with Crippen LogP contribution in [0.2, 0.25) is 0 Å². The van der Waals surface area contributed by atoms with Crippen LogP contribution in [0, 0.1) is 0 Å². The summed E-state index contributed by atoms with van der Waals surface area (Å²) in [4.78, 5) is 40.3. The first-order chi connectivity index (χ1) is 12.6. The van der Waals surface area contributed by atoms with Gasteiger partial charge in [-0.2, -0.15) is 0 Å². The lowest BCUT2D eigenvalue weighted by atomic mass is 9.97. The topological polar surface area (TPSA) is 82.2 Å². The van der Waals surface area contributed by atoms with E-state index in [1.807, 2.05) is 6.07 Å². The largest absolute Gasteiger partial charge is 0.335 e. The number of nitrogens with one attached hydrogen (secondary N) is 1. The van der Waals surface area contributed by atoms with Gasteiger partial charge in [0.2, 0.25) is 0 Å². The van der Waals surface area contributed by atoms with E-state index in [1.165, 1.54) is 25.5 Å². The van der Waals surface area contributed by atoms with Gasteiger partial charge in [0.1, 0.15) is 11.3 Å². The minimum Gasteiger partial charge on any atom is -0.335 e. The molecule has 2 aliphatic rings. The maximum atomic E-state index is 12.6. The Labute approximate surface area is 152 Å². The van der Waals surface area contributed by atoms with Crippen LogP contribution in [0.15, 0.2) is 35.4 Å². The van der Waals surface area contributed by atoms with Crippen molar-refractivity contribution in [2.45, 2.75) is 38.3 Å². The third-order valence-electron chi connectivity index (χ3n) is 5.41. The molecule has 7 nitrogen and oxygen atoms in total. The van der Waals surface area contributed by atoms with Crippen molar-refractivity contribution in [2.75, 3.05) is 19.6 Å². The Morgan fingerprint density at radius 2 is 2.08 bits per heavy atom. The molecule has 2 fully saturated rings. The molecular weight excluding hydrogens is 330 g/mol. The number of carbonyl (C=O) groups is 1. The van der Waals surface area contributed by atoms with Gasteiger partial charge in [0, 0.05) is 37.6 Å². The molecule has 1 unspecified atom stereocenters. The third kappa shape index (κ3) is 3.14. The van der Waals surface area contributed by atoms with E-state index in [1.54, 1.807) is 23.2 Å². The molecule has 136 valence electrons. The number of likely N-dealkylation sites (tertiary alicyclic amines) is 2. The molecule has 0 saturated carbocycles. The summed E-state index contributed by atoms with van der Waals surface area (Å²) < 4.78 is 0. The van der Waals surface area contributed by atoms with Crippen LogP contribution in [0.1, 0.15) is 36.5 Å². The number of nitrogens with zero attached hydrogens (tertiary/aromatic N) is 4. The van der Waals surface area contributed by atoms with Gasteiger partial charge in [0.05, 0.1) is 0 Å². The maximum Gasteiger partial charge on any atom is 0.264 e. The molecule has 0 radical (unpaired) electrons. The molecule has 26 heavy (non-hydrogen) atoms. The first-order valence-corrected chi connectivity index (χ1v) is 9.19. The summed E-state index contributed by atoms with van der Waals surface area (Å²) in [6, 6.07) is 6.37. The fraction of sp³-hybridized carbons (Fsp3) is 0.474. The minimum atomic E-state index is -0.416. The predicted octanol–water partition coefficient (Wildman–Crippen LogP) is 1.53. The molecular formula is C19H23N5O2. The molecule has 4 heterocycles. The Kier molecular flexibility index (Phi) is 4.55. The molecule has 2 aliphatic heterocycles. The van der Waals surface area contributed by atoms with Gasteiger partial charge in [-0.05, 0) is 38.4 Å². The van der Waals surface area contributed by atoms with Crippen molar-refractivity contribution in [1.82, 2.24) is 24.8 Å². The van der Waals surface area contributed by atoms with Crippen molar-refractivity contribution in [3.05, 3.63) is 46.5 Å². The van der Waals surface area contributed by atoms with Gasteiger partial charge in [0.25, 0.3) is 11.5 Å². The van der Waals surface area contributed by atoms with E-state index in [-0.39, 0.29) is 11.5 Å². The second-order valence-corrected chi connectivity index (χ2v) is 7.14. The van der Waals surface area contributed by atoms with Gasteiger partial charge < -0.3 is 9.88 Å². The molecule has 0 spiro atoms. The molecule has 1 atom stereocenters. The summed E-state index contributed by atoms with van der Waals surface area (Å²) in [7, 11) is 0. The molecule has 0 aliphatic carbocycles. The summed E-state index contributed by atoms with van der Waals surface area (Å²) in [5.74, 6) is 0.128. The first kappa shape index (κ1) is 16.9. The van der Waals surface area contributed by atoms with Crippen LogP contribution in [0.3, 0.4) is 0 Å². The quantitative estimate of drug-likeness (QED) is 0.905. The lowest BCUT2D eigenvalue weighted by Crippen LogP contribution is -2.63. The van der Waals surface area contributed by atoms with Gasteiger partial charge in [-0.1, -0.05) is 12.5 Å². The molecule has 0 bridgehead atoms. The van der Waals surface area contributed by atoms with Gasteiger partial charge in [-0.3, -0.25) is 19.5 Å². The number of hydrogen-bond donors (Lipinski definition) is 1. The van der Waals surface area contributed by atoms with Crippen LogP contribution in [-0.4, -0.2) is 62.4 Å². The van der Waals surface area contributed by atoms with Crippen molar-refractivity contribution in [3.8, 4) is 11.5 Å². The van der Waals surface area contributed by atoms with E-state index in [4.69, 9.17) is 0 Å². The van der Waals surface area contributed by atoms with E-state index in [0.29, 0.717) is 36.7 Å². The predicted molar refractivity (Wildman–Crippen MR) is 97.8 cm³/mol. The number of piperidine rings is 1. The summed E-state index contributed by atoms with van der Waals surface area (Å²) in [5.41, 5.74) is 0.252. The van der Waals surface area contributed by atoms with Crippen LogP contribution in [0.4, 0.5) is 0 Å². The second-order valence-electron chi connectivity index (χ2n) is 7.14. The molecule has 1 amide bonds. The summed E-state index contributed by atoms with van der Waals surface area (Å²) >= 11 is 0. The first-order valence-electron chi connectivity index (χ1n) is 9.19. The number of aromatic amines is 1. The number of carbonyl (C=O) groups excluding carboxylic acids is 1. The number of hydrogen-bond acceptors (Lipinski definition) is 5. The Hall–Kier alpha value is -2.54. The van der Waals surface area contributed by atoms with Crippen LogP contribution in [-0.2, 0) is 0 Å². The van der Waals surface area contributed by atoms with E-state index >= 15 is 0 Å². The average Bonchev–Trinajstić information content (AvgIpc) is 2.62. The highest BCUT2D eigenvalue weighted by atomic mass is 16.2. The monoisotopic (exact) mass is 353 g/mol. The van der Waals surface area contributed by atoms with Gasteiger partial charge in [-0.25, -0.2) is 4.98 Å². The standard InChI is InChI=1S/C19H23N5O2/c1-13-6-3-5-9-24(13)14-11-23(12-14)19(26)15-10-21-17(22-18(15)25)16-7-2-4-8-20-16/h2,4,7-8,10,13-14H,3,5-6,9,11-12H2,1H3,(H,21,22,25). The summed E-state index contributed by atoms with van der Waals surface area (Å²) in [5, 5.41) is 0. The number of H-pyrrole nitrogens is 1. The minimum absolute atomic E-state index is 0.0924. The van der Waals surface area contributed by atoms with Crippen LogP contribution < -0.4 is 5.56 Å². The van der Waals surface area contributed by atoms with E-state index < -0.39 is 5.56 Å². The zero-order valence-corrected chi connectivity index (χ0v) is 14.9. The molecule has 2 aromatic heterocycles. The third-order valence-corrected chi connectivity index (χ3v) is 5.41. The highest BCUT2D eigenvalue weighted by molar-refractivity contribution is 5.94. The zero-order valence-electron chi connectivity index (χ0n) is 14.9. The summed E-state index contributed by atoms with van der Waals surface area (Å²) in [6.45, 7) is 4.73. The fourth-order valence-corrected chi connectivity index (χ4v) is 3.84. The van der Waals surface area contributed by atoms with Crippen molar-refractivity contribution in [3.63, 3.8) is 0 Å². The zero-order chi connectivity index (χ0) is 18.1. The van der Waals surface area contributed by atoms with Gasteiger partial charge >= 0.3 is 0 Å².